The van der Waals surface area contributed by atoms with Gasteiger partial charge >= 0.3 is 0 Å². The number of hydrogen-bond donors (Lipinski definition) is 2. The number of nitro groups is 1. The fraction of sp³-hybridized carbons (Fsp3) is 0.533. The van der Waals surface area contributed by atoms with Gasteiger partial charge in [-0.3, -0.25) is 14.9 Å². The van der Waals surface area contributed by atoms with Gasteiger partial charge in [0, 0.05) is 23.4 Å². The van der Waals surface area contributed by atoms with Crippen LogP contribution in [0.1, 0.15) is 37.3 Å². The molecule has 0 heterocycles. The standard InChI is InChI=1S/C15H21N3O3/c1-9-8-12(18(20)21)10(2)7-11(9)17-14(19)15(3)6-4-5-13(15)16/h7-8,13H,4-6,16H2,1-3H3,(H,17,19). The Bertz CT molecular complexity index is 600. The molecule has 2 rings (SSSR count). The summed E-state index contributed by atoms with van der Waals surface area (Å²) in [7, 11) is 0. The molecule has 0 radical (unpaired) electrons. The van der Waals surface area contributed by atoms with Crippen molar-refractivity contribution in [3.63, 3.8) is 0 Å². The molecule has 0 saturated heterocycles. The van der Waals surface area contributed by atoms with Crippen molar-refractivity contribution in [1.29, 1.82) is 0 Å². The van der Waals surface area contributed by atoms with Crippen molar-refractivity contribution in [3.8, 4) is 0 Å². The number of aryl methyl sites for hydroxylation is 2. The molecule has 1 aliphatic carbocycles. The number of nitrogens with one attached hydrogen (secondary N) is 1. The van der Waals surface area contributed by atoms with Crippen LogP contribution in [0.3, 0.4) is 0 Å². The monoisotopic (exact) mass is 291 g/mol. The van der Waals surface area contributed by atoms with Crippen molar-refractivity contribution in [2.45, 2.75) is 46.1 Å². The lowest BCUT2D eigenvalue weighted by Crippen LogP contribution is -2.44. The molecular formula is C15H21N3O3. The third-order valence-electron chi connectivity index (χ3n) is 4.54. The van der Waals surface area contributed by atoms with Gasteiger partial charge in [0.1, 0.15) is 0 Å². The van der Waals surface area contributed by atoms with Crippen LogP contribution in [0.4, 0.5) is 11.4 Å². The number of nitrogens with zero attached hydrogens (tertiary/aromatic N) is 1. The van der Waals surface area contributed by atoms with Crippen LogP contribution >= 0.6 is 0 Å². The first kappa shape index (κ1) is 15.4. The number of anilines is 1. The van der Waals surface area contributed by atoms with E-state index in [-0.39, 0.29) is 17.6 Å². The molecule has 2 atom stereocenters. The second-order valence-corrected chi connectivity index (χ2v) is 6.08. The van der Waals surface area contributed by atoms with Crippen molar-refractivity contribution >= 4 is 17.3 Å². The molecule has 114 valence electrons. The highest BCUT2D eigenvalue weighted by Gasteiger charge is 2.43. The lowest BCUT2D eigenvalue weighted by Gasteiger charge is -2.28. The summed E-state index contributed by atoms with van der Waals surface area (Å²) in [5, 5.41) is 13.8. The van der Waals surface area contributed by atoms with E-state index in [1.165, 1.54) is 6.07 Å². The maximum absolute atomic E-state index is 12.5. The molecule has 21 heavy (non-hydrogen) atoms. The van der Waals surface area contributed by atoms with Gasteiger partial charge in [-0.2, -0.15) is 0 Å². The summed E-state index contributed by atoms with van der Waals surface area (Å²) >= 11 is 0. The van der Waals surface area contributed by atoms with E-state index in [1.807, 2.05) is 6.92 Å². The Kier molecular flexibility index (Phi) is 4.00. The zero-order valence-electron chi connectivity index (χ0n) is 12.6. The molecule has 0 bridgehead atoms. The fourth-order valence-electron chi connectivity index (χ4n) is 2.87. The molecule has 1 saturated carbocycles. The van der Waals surface area contributed by atoms with E-state index in [9.17, 15) is 14.9 Å². The summed E-state index contributed by atoms with van der Waals surface area (Å²) in [6, 6.07) is 2.99. The van der Waals surface area contributed by atoms with E-state index in [0.29, 0.717) is 16.8 Å². The molecule has 2 unspecified atom stereocenters. The number of benzene rings is 1. The van der Waals surface area contributed by atoms with Crippen LogP contribution in [-0.4, -0.2) is 16.9 Å². The minimum Gasteiger partial charge on any atom is -0.327 e. The van der Waals surface area contributed by atoms with Gasteiger partial charge in [-0.1, -0.05) is 6.42 Å². The number of amides is 1. The van der Waals surface area contributed by atoms with Gasteiger partial charge in [0.05, 0.1) is 10.3 Å². The Morgan fingerprint density at radius 1 is 1.43 bits per heavy atom. The minimum atomic E-state index is -0.567. The zero-order chi connectivity index (χ0) is 15.8. The summed E-state index contributed by atoms with van der Waals surface area (Å²) in [4.78, 5) is 23.0. The Balaban J connectivity index is 2.26. The third kappa shape index (κ3) is 2.76. The average molecular weight is 291 g/mol. The van der Waals surface area contributed by atoms with Crippen molar-refractivity contribution < 1.29 is 9.72 Å². The van der Waals surface area contributed by atoms with Gasteiger partial charge in [0.2, 0.25) is 5.91 Å². The van der Waals surface area contributed by atoms with Crippen LogP contribution in [0.25, 0.3) is 0 Å². The van der Waals surface area contributed by atoms with Crippen LogP contribution in [0.5, 0.6) is 0 Å². The van der Waals surface area contributed by atoms with E-state index in [1.54, 1.807) is 19.9 Å². The second-order valence-electron chi connectivity index (χ2n) is 6.08. The fourth-order valence-corrected chi connectivity index (χ4v) is 2.87. The Morgan fingerprint density at radius 3 is 2.62 bits per heavy atom. The largest absolute Gasteiger partial charge is 0.327 e. The first-order valence-corrected chi connectivity index (χ1v) is 7.08. The SMILES string of the molecule is Cc1cc([N+](=O)[O-])c(C)cc1NC(=O)C1(C)CCCC1N. The van der Waals surface area contributed by atoms with E-state index >= 15 is 0 Å². The van der Waals surface area contributed by atoms with Crippen LogP contribution < -0.4 is 11.1 Å². The van der Waals surface area contributed by atoms with Gasteiger partial charge < -0.3 is 11.1 Å². The van der Waals surface area contributed by atoms with Gasteiger partial charge in [0.15, 0.2) is 0 Å². The first-order chi connectivity index (χ1) is 9.75. The van der Waals surface area contributed by atoms with Gasteiger partial charge in [-0.25, -0.2) is 0 Å². The Hall–Kier alpha value is -1.95. The smallest absolute Gasteiger partial charge is 0.272 e. The van der Waals surface area contributed by atoms with E-state index in [0.717, 1.165) is 19.3 Å². The van der Waals surface area contributed by atoms with Gasteiger partial charge in [-0.15, -0.1) is 0 Å². The molecular weight excluding hydrogens is 270 g/mol. The number of carbonyl (C=O) groups is 1. The minimum absolute atomic E-state index is 0.0641. The average Bonchev–Trinajstić information content (AvgIpc) is 2.74. The highest BCUT2D eigenvalue weighted by Crippen LogP contribution is 2.38. The summed E-state index contributed by atoms with van der Waals surface area (Å²) < 4.78 is 0. The number of nitro benzene ring substituents is 1. The lowest BCUT2D eigenvalue weighted by molar-refractivity contribution is -0.385. The quantitative estimate of drug-likeness (QED) is 0.660. The van der Waals surface area contributed by atoms with Crippen LogP contribution in [0.15, 0.2) is 12.1 Å². The summed E-state index contributed by atoms with van der Waals surface area (Å²) in [5.74, 6) is -0.108. The Morgan fingerprint density at radius 2 is 2.10 bits per heavy atom. The van der Waals surface area contributed by atoms with Crippen LogP contribution in [0, 0.1) is 29.4 Å². The molecule has 1 aromatic rings. The predicted octanol–water partition coefficient (Wildman–Crippen LogP) is 2.67. The van der Waals surface area contributed by atoms with Gasteiger partial charge in [-0.05, 0) is 45.2 Å². The molecule has 1 aliphatic rings. The molecule has 0 aromatic heterocycles. The molecule has 0 spiro atoms. The molecule has 0 aliphatic heterocycles. The maximum atomic E-state index is 12.5. The number of rotatable bonds is 3. The van der Waals surface area contributed by atoms with E-state index in [4.69, 9.17) is 5.73 Å². The van der Waals surface area contributed by atoms with E-state index < -0.39 is 10.3 Å². The van der Waals surface area contributed by atoms with Crippen molar-refractivity contribution in [1.82, 2.24) is 0 Å². The molecule has 1 amide bonds. The van der Waals surface area contributed by atoms with Crippen molar-refractivity contribution in [2.24, 2.45) is 11.1 Å². The molecule has 3 N–H and O–H groups in total. The van der Waals surface area contributed by atoms with Crippen LogP contribution in [0.2, 0.25) is 0 Å². The summed E-state index contributed by atoms with van der Waals surface area (Å²) in [6.45, 7) is 5.29. The molecule has 6 nitrogen and oxygen atoms in total. The van der Waals surface area contributed by atoms with Crippen molar-refractivity contribution in [2.75, 3.05) is 5.32 Å². The van der Waals surface area contributed by atoms with Crippen LogP contribution in [-0.2, 0) is 4.79 Å². The normalized spacial score (nSPS) is 24.9. The zero-order valence-corrected chi connectivity index (χ0v) is 12.6. The second kappa shape index (κ2) is 5.44. The Labute approximate surface area is 123 Å². The highest BCUT2D eigenvalue weighted by molar-refractivity contribution is 5.96. The van der Waals surface area contributed by atoms with Crippen molar-refractivity contribution in [3.05, 3.63) is 33.4 Å². The third-order valence-corrected chi connectivity index (χ3v) is 4.54. The molecule has 1 aromatic carbocycles. The number of hydrogen-bond acceptors (Lipinski definition) is 4. The van der Waals surface area contributed by atoms with E-state index in [2.05, 4.69) is 5.32 Å². The maximum Gasteiger partial charge on any atom is 0.272 e. The summed E-state index contributed by atoms with van der Waals surface area (Å²) in [6.07, 6.45) is 2.57. The molecule has 1 fully saturated rings. The first-order valence-electron chi connectivity index (χ1n) is 7.08. The lowest BCUT2D eigenvalue weighted by atomic mass is 9.84. The predicted molar refractivity (Wildman–Crippen MR) is 81.1 cm³/mol. The summed E-state index contributed by atoms with van der Waals surface area (Å²) in [5.41, 5.74) is 7.37. The number of nitrogens with two attached hydrogens (primary N) is 1. The number of carbonyl (C=O) groups excluding carboxylic acids is 1. The molecule has 6 heteroatoms. The van der Waals surface area contributed by atoms with Gasteiger partial charge in [0.25, 0.3) is 5.69 Å². The topological polar surface area (TPSA) is 98.3 Å². The highest BCUT2D eigenvalue weighted by atomic mass is 16.6.